The van der Waals surface area contributed by atoms with E-state index in [2.05, 4.69) is 27.2 Å². The van der Waals surface area contributed by atoms with E-state index in [1.807, 2.05) is 24.3 Å². The number of nitrogens with one attached hydrogen (secondary N) is 2. The summed E-state index contributed by atoms with van der Waals surface area (Å²) in [6.07, 6.45) is 3.83. The molecule has 0 saturated carbocycles. The minimum absolute atomic E-state index is 0.245. The molecule has 6 nitrogen and oxygen atoms in total. The first-order valence-corrected chi connectivity index (χ1v) is 7.31. The number of carbonyl (C=O) groups is 1. The average molecular weight is 312 g/mol. The number of carbonyl (C=O) groups excluding carboxylic acids is 1. The Morgan fingerprint density at radius 1 is 1.30 bits per heavy atom. The Morgan fingerprint density at radius 3 is 2.78 bits per heavy atom. The van der Waals surface area contributed by atoms with Crippen LogP contribution in [0.3, 0.4) is 0 Å². The highest BCUT2D eigenvalue weighted by Gasteiger charge is 2.07. The fourth-order valence-corrected chi connectivity index (χ4v) is 1.96. The van der Waals surface area contributed by atoms with Crippen molar-refractivity contribution in [3.05, 3.63) is 60.6 Å². The Balaban J connectivity index is 1.87. The van der Waals surface area contributed by atoms with Crippen molar-refractivity contribution >= 4 is 11.7 Å². The number of amides is 1. The van der Waals surface area contributed by atoms with Crippen molar-refractivity contribution in [3.63, 3.8) is 0 Å². The predicted octanol–water partition coefficient (Wildman–Crippen LogP) is 2.06. The van der Waals surface area contributed by atoms with Gasteiger partial charge in [0.15, 0.2) is 0 Å². The zero-order valence-corrected chi connectivity index (χ0v) is 13.1. The summed E-state index contributed by atoms with van der Waals surface area (Å²) in [6.45, 7) is 4.67. The van der Waals surface area contributed by atoms with E-state index >= 15 is 0 Å². The molecule has 2 aromatic rings. The van der Waals surface area contributed by atoms with Gasteiger partial charge in [0.05, 0.1) is 7.11 Å². The van der Waals surface area contributed by atoms with Gasteiger partial charge in [0.2, 0.25) is 0 Å². The molecule has 0 spiro atoms. The lowest BCUT2D eigenvalue weighted by Gasteiger charge is -2.07. The van der Waals surface area contributed by atoms with E-state index in [9.17, 15) is 4.79 Å². The van der Waals surface area contributed by atoms with Gasteiger partial charge in [-0.25, -0.2) is 9.97 Å². The Hall–Kier alpha value is -2.89. The number of hydrogen-bond donors (Lipinski definition) is 2. The van der Waals surface area contributed by atoms with E-state index in [0.717, 1.165) is 12.2 Å². The number of anilines is 1. The maximum Gasteiger partial charge on any atom is 0.270 e. The second kappa shape index (κ2) is 8.53. The zero-order chi connectivity index (χ0) is 16.5. The van der Waals surface area contributed by atoms with Crippen LogP contribution in [-0.2, 0) is 6.42 Å². The molecule has 0 aliphatic rings. The standard InChI is InChI=1S/C17H20N4O2/c1-3-9-19-17(22)15-11-16(21-12-20-15)18-10-8-13-4-6-14(23-2)7-5-13/h3-7,11-12H,1,8-10H2,2H3,(H,19,22)(H,18,20,21). The molecule has 0 saturated heterocycles. The summed E-state index contributed by atoms with van der Waals surface area (Å²) in [5.41, 5.74) is 1.52. The number of nitrogens with zero attached hydrogens (tertiary/aromatic N) is 2. The summed E-state index contributed by atoms with van der Waals surface area (Å²) in [6, 6.07) is 9.54. The molecule has 6 heteroatoms. The highest BCUT2D eigenvalue weighted by molar-refractivity contribution is 5.92. The summed E-state index contributed by atoms with van der Waals surface area (Å²) in [5, 5.41) is 5.87. The maximum absolute atomic E-state index is 11.8. The number of hydrogen-bond acceptors (Lipinski definition) is 5. The number of rotatable bonds is 8. The van der Waals surface area contributed by atoms with Crippen LogP contribution in [0.1, 0.15) is 16.1 Å². The predicted molar refractivity (Wildman–Crippen MR) is 89.7 cm³/mol. The second-order valence-electron chi connectivity index (χ2n) is 4.81. The molecule has 0 unspecified atom stereocenters. The Labute approximate surface area is 135 Å². The van der Waals surface area contributed by atoms with Gasteiger partial charge in [0.25, 0.3) is 5.91 Å². The van der Waals surface area contributed by atoms with Gasteiger partial charge in [-0.3, -0.25) is 4.79 Å². The number of aromatic nitrogens is 2. The highest BCUT2D eigenvalue weighted by Crippen LogP contribution is 2.12. The first-order chi connectivity index (χ1) is 11.2. The van der Waals surface area contributed by atoms with E-state index in [4.69, 9.17) is 4.74 Å². The maximum atomic E-state index is 11.8. The quantitative estimate of drug-likeness (QED) is 0.730. The molecule has 1 amide bonds. The Morgan fingerprint density at radius 2 is 2.09 bits per heavy atom. The molecule has 1 aromatic carbocycles. The third kappa shape index (κ3) is 5.10. The first kappa shape index (κ1) is 16.5. The molecule has 0 atom stereocenters. The summed E-state index contributed by atoms with van der Waals surface area (Å²) < 4.78 is 5.13. The summed E-state index contributed by atoms with van der Waals surface area (Å²) >= 11 is 0. The molecule has 0 bridgehead atoms. The minimum Gasteiger partial charge on any atom is -0.497 e. The van der Waals surface area contributed by atoms with Crippen molar-refractivity contribution < 1.29 is 9.53 Å². The van der Waals surface area contributed by atoms with Gasteiger partial charge in [-0.2, -0.15) is 0 Å². The van der Waals surface area contributed by atoms with Crippen LogP contribution >= 0.6 is 0 Å². The van der Waals surface area contributed by atoms with Crippen molar-refractivity contribution in [2.75, 3.05) is 25.5 Å². The summed E-state index contributed by atoms with van der Waals surface area (Å²) in [4.78, 5) is 19.9. The van der Waals surface area contributed by atoms with Crippen LogP contribution in [0, 0.1) is 0 Å². The minimum atomic E-state index is -0.245. The SMILES string of the molecule is C=CCNC(=O)c1cc(NCCc2ccc(OC)cc2)ncn1. The van der Waals surface area contributed by atoms with Gasteiger partial charge in [-0.05, 0) is 24.1 Å². The fraction of sp³-hybridized carbons (Fsp3) is 0.235. The lowest BCUT2D eigenvalue weighted by molar-refractivity contribution is 0.0953. The Kier molecular flexibility index (Phi) is 6.11. The number of methoxy groups -OCH3 is 1. The average Bonchev–Trinajstić information content (AvgIpc) is 2.60. The molecular weight excluding hydrogens is 292 g/mol. The second-order valence-corrected chi connectivity index (χ2v) is 4.81. The first-order valence-electron chi connectivity index (χ1n) is 7.31. The van der Waals surface area contributed by atoms with Crippen molar-refractivity contribution in [1.29, 1.82) is 0 Å². The lowest BCUT2D eigenvalue weighted by atomic mass is 10.1. The normalized spacial score (nSPS) is 9.96. The highest BCUT2D eigenvalue weighted by atomic mass is 16.5. The van der Waals surface area contributed by atoms with E-state index in [1.165, 1.54) is 11.9 Å². The van der Waals surface area contributed by atoms with Crippen LogP contribution in [0.4, 0.5) is 5.82 Å². The molecule has 2 rings (SSSR count). The van der Waals surface area contributed by atoms with E-state index in [-0.39, 0.29) is 5.91 Å². The molecule has 23 heavy (non-hydrogen) atoms. The molecule has 0 aliphatic carbocycles. The molecule has 2 N–H and O–H groups in total. The van der Waals surface area contributed by atoms with Gasteiger partial charge < -0.3 is 15.4 Å². The molecule has 120 valence electrons. The van der Waals surface area contributed by atoms with Gasteiger partial charge in [-0.1, -0.05) is 18.2 Å². The molecule has 0 aliphatic heterocycles. The lowest BCUT2D eigenvalue weighted by Crippen LogP contribution is -2.24. The van der Waals surface area contributed by atoms with E-state index in [1.54, 1.807) is 19.3 Å². The molecule has 0 fully saturated rings. The van der Waals surface area contributed by atoms with Crippen molar-refractivity contribution in [2.24, 2.45) is 0 Å². The van der Waals surface area contributed by atoms with Crippen LogP contribution in [0.15, 0.2) is 49.3 Å². The van der Waals surface area contributed by atoms with Crippen LogP contribution < -0.4 is 15.4 Å². The third-order valence-electron chi connectivity index (χ3n) is 3.19. The van der Waals surface area contributed by atoms with Crippen LogP contribution in [0.5, 0.6) is 5.75 Å². The van der Waals surface area contributed by atoms with Gasteiger partial charge >= 0.3 is 0 Å². The van der Waals surface area contributed by atoms with Gasteiger partial charge in [0, 0.05) is 19.2 Å². The summed E-state index contributed by atoms with van der Waals surface area (Å²) in [7, 11) is 1.65. The number of benzene rings is 1. The van der Waals surface area contributed by atoms with E-state index < -0.39 is 0 Å². The molecule has 1 heterocycles. The molecule has 0 radical (unpaired) electrons. The number of ether oxygens (including phenoxy) is 1. The smallest absolute Gasteiger partial charge is 0.270 e. The van der Waals surface area contributed by atoms with Crippen LogP contribution in [-0.4, -0.2) is 36.1 Å². The molecular formula is C17H20N4O2. The zero-order valence-electron chi connectivity index (χ0n) is 13.1. The van der Waals surface area contributed by atoms with Crippen LogP contribution in [0.2, 0.25) is 0 Å². The topological polar surface area (TPSA) is 76.1 Å². The van der Waals surface area contributed by atoms with Crippen molar-refractivity contribution in [3.8, 4) is 5.75 Å². The van der Waals surface area contributed by atoms with Crippen molar-refractivity contribution in [2.45, 2.75) is 6.42 Å². The fourth-order valence-electron chi connectivity index (χ4n) is 1.96. The van der Waals surface area contributed by atoms with E-state index in [0.29, 0.717) is 24.6 Å². The molecule has 1 aromatic heterocycles. The Bertz CT molecular complexity index is 656. The summed E-state index contributed by atoms with van der Waals surface area (Å²) in [5.74, 6) is 1.22. The van der Waals surface area contributed by atoms with Gasteiger partial charge in [-0.15, -0.1) is 6.58 Å². The third-order valence-corrected chi connectivity index (χ3v) is 3.19. The van der Waals surface area contributed by atoms with Crippen LogP contribution in [0.25, 0.3) is 0 Å². The monoisotopic (exact) mass is 312 g/mol. The van der Waals surface area contributed by atoms with Gasteiger partial charge in [0.1, 0.15) is 23.6 Å². The largest absolute Gasteiger partial charge is 0.497 e. The van der Waals surface area contributed by atoms with Crippen molar-refractivity contribution in [1.82, 2.24) is 15.3 Å².